The Kier molecular flexibility index (Phi) is 5.20. The van der Waals surface area contributed by atoms with E-state index in [-0.39, 0.29) is 17.6 Å². The predicted octanol–water partition coefficient (Wildman–Crippen LogP) is 2.65. The van der Waals surface area contributed by atoms with Crippen LogP contribution in [0.25, 0.3) is 0 Å². The van der Waals surface area contributed by atoms with Crippen molar-refractivity contribution in [1.82, 2.24) is 0 Å². The van der Waals surface area contributed by atoms with E-state index in [4.69, 9.17) is 0 Å². The molecule has 1 rings (SSSR count). The molecule has 1 aliphatic rings. The average molecular weight is 220 g/mol. The summed E-state index contributed by atoms with van der Waals surface area (Å²) in [6.45, 7) is 3.91. The second-order valence-electron chi connectivity index (χ2n) is 4.31. The van der Waals surface area contributed by atoms with Crippen LogP contribution >= 0.6 is 0 Å². The fraction of sp³-hybridized carbons (Fsp3) is 0.500. The number of Topliss-reactive ketones (excluding diaryl/α,β-unsaturated/α-hetero) is 1. The van der Waals surface area contributed by atoms with Gasteiger partial charge in [0.05, 0.1) is 6.10 Å². The molecule has 0 unspecified atom stereocenters. The van der Waals surface area contributed by atoms with Crippen molar-refractivity contribution in [2.24, 2.45) is 11.8 Å². The summed E-state index contributed by atoms with van der Waals surface area (Å²) in [7, 11) is 0. The van der Waals surface area contributed by atoms with E-state index in [0.29, 0.717) is 12.8 Å². The van der Waals surface area contributed by atoms with E-state index in [9.17, 15) is 9.90 Å². The zero-order valence-electron chi connectivity index (χ0n) is 9.97. The molecule has 0 aromatic heterocycles. The fourth-order valence-corrected chi connectivity index (χ4v) is 1.95. The van der Waals surface area contributed by atoms with Gasteiger partial charge < -0.3 is 5.11 Å². The molecule has 0 aliphatic heterocycles. The summed E-state index contributed by atoms with van der Waals surface area (Å²) in [5.74, 6) is 0.382. The summed E-state index contributed by atoms with van der Waals surface area (Å²) >= 11 is 0. The molecule has 2 nitrogen and oxygen atoms in total. The number of ketones is 1. The van der Waals surface area contributed by atoms with Crippen LogP contribution in [0.3, 0.4) is 0 Å². The lowest BCUT2D eigenvalue weighted by Crippen LogP contribution is -2.32. The largest absolute Gasteiger partial charge is 0.393 e. The summed E-state index contributed by atoms with van der Waals surface area (Å²) in [4.78, 5) is 11.5. The summed E-state index contributed by atoms with van der Waals surface area (Å²) in [5, 5.41) is 9.52. The number of aliphatic hydroxyl groups is 1. The van der Waals surface area contributed by atoms with Gasteiger partial charge in [-0.15, -0.1) is 0 Å². The van der Waals surface area contributed by atoms with Crippen LogP contribution in [0.4, 0.5) is 0 Å². The van der Waals surface area contributed by atoms with Crippen molar-refractivity contribution in [3.05, 3.63) is 36.5 Å². The maximum absolute atomic E-state index is 11.5. The number of aliphatic hydroxyl groups excluding tert-OH is 1. The molecule has 2 heteroatoms. The Morgan fingerprint density at radius 2 is 1.94 bits per heavy atom. The molecule has 0 heterocycles. The molecular weight excluding hydrogens is 200 g/mol. The van der Waals surface area contributed by atoms with Crippen LogP contribution in [0.5, 0.6) is 0 Å². The second-order valence-corrected chi connectivity index (χ2v) is 4.31. The van der Waals surface area contributed by atoms with Gasteiger partial charge in [0.2, 0.25) is 0 Å². The minimum atomic E-state index is -0.460. The first-order valence-electron chi connectivity index (χ1n) is 5.82. The second kappa shape index (κ2) is 6.44. The maximum Gasteiger partial charge on any atom is 0.138 e. The number of carbonyl (C=O) groups excluding carboxylic acids is 1. The van der Waals surface area contributed by atoms with Gasteiger partial charge >= 0.3 is 0 Å². The van der Waals surface area contributed by atoms with Gasteiger partial charge in [0.15, 0.2) is 0 Å². The standard InChI is InChI=1S/C14H20O2/c1-3-4-5-6-7-8-12-9-13(15)10-14(16)11(12)2/h3-8,11-13,15H,9-10H2,1-2H3/b4-3-,6-5-,8-7+/t11-,12+,13-/m1/s1. The molecule has 0 spiro atoms. The lowest BCUT2D eigenvalue weighted by atomic mass is 9.78. The molecule has 0 radical (unpaired) electrons. The van der Waals surface area contributed by atoms with E-state index < -0.39 is 6.10 Å². The van der Waals surface area contributed by atoms with Gasteiger partial charge in [0.25, 0.3) is 0 Å². The molecule has 1 fully saturated rings. The van der Waals surface area contributed by atoms with Crippen LogP contribution in [0.1, 0.15) is 26.7 Å². The highest BCUT2D eigenvalue weighted by Gasteiger charge is 2.30. The zero-order valence-corrected chi connectivity index (χ0v) is 9.97. The van der Waals surface area contributed by atoms with Gasteiger partial charge in [-0.1, -0.05) is 43.4 Å². The normalized spacial score (nSPS) is 32.2. The van der Waals surface area contributed by atoms with Gasteiger partial charge in [-0.25, -0.2) is 0 Å². The first-order valence-corrected chi connectivity index (χ1v) is 5.82. The number of allylic oxidation sites excluding steroid dienone is 6. The van der Waals surface area contributed by atoms with Gasteiger partial charge in [0, 0.05) is 12.3 Å². The third kappa shape index (κ3) is 3.78. The highest BCUT2D eigenvalue weighted by atomic mass is 16.3. The van der Waals surface area contributed by atoms with Gasteiger partial charge in [-0.3, -0.25) is 4.79 Å². The maximum atomic E-state index is 11.5. The van der Waals surface area contributed by atoms with Gasteiger partial charge in [0.1, 0.15) is 5.78 Å². The van der Waals surface area contributed by atoms with Crippen molar-refractivity contribution in [2.45, 2.75) is 32.8 Å². The van der Waals surface area contributed by atoms with Crippen LogP contribution in [-0.4, -0.2) is 17.0 Å². The molecule has 0 amide bonds. The van der Waals surface area contributed by atoms with Crippen LogP contribution in [0, 0.1) is 11.8 Å². The van der Waals surface area contributed by atoms with Crippen LogP contribution < -0.4 is 0 Å². The molecule has 1 N–H and O–H groups in total. The van der Waals surface area contributed by atoms with E-state index in [1.54, 1.807) is 0 Å². The van der Waals surface area contributed by atoms with Crippen LogP contribution in [0.15, 0.2) is 36.5 Å². The Morgan fingerprint density at radius 1 is 1.25 bits per heavy atom. The zero-order chi connectivity index (χ0) is 12.0. The van der Waals surface area contributed by atoms with Crippen LogP contribution in [0.2, 0.25) is 0 Å². The van der Waals surface area contributed by atoms with Crippen molar-refractivity contribution in [1.29, 1.82) is 0 Å². The predicted molar refractivity (Wildman–Crippen MR) is 66.0 cm³/mol. The molecule has 0 bridgehead atoms. The Balaban J connectivity index is 2.54. The Labute approximate surface area is 97.4 Å². The SMILES string of the molecule is C\C=C/C=C\C=C\[C@H]1C[C@@H](O)CC(=O)[C@@H]1C. The summed E-state index contributed by atoms with van der Waals surface area (Å²) in [5.41, 5.74) is 0. The number of hydrogen-bond acceptors (Lipinski definition) is 2. The molecule has 0 aromatic rings. The molecule has 0 aromatic carbocycles. The Bertz CT molecular complexity index is 313. The molecule has 1 saturated carbocycles. The number of hydrogen-bond donors (Lipinski definition) is 1. The van der Waals surface area contributed by atoms with Crippen molar-refractivity contribution in [3.8, 4) is 0 Å². The quantitative estimate of drug-likeness (QED) is 0.742. The summed E-state index contributed by atoms with van der Waals surface area (Å²) in [6.07, 6.45) is 12.3. The molecule has 1 aliphatic carbocycles. The Hall–Kier alpha value is -1.15. The first-order chi connectivity index (χ1) is 7.65. The van der Waals surface area contributed by atoms with Crippen molar-refractivity contribution in [3.63, 3.8) is 0 Å². The number of carbonyl (C=O) groups is 1. The summed E-state index contributed by atoms with van der Waals surface area (Å²) in [6, 6.07) is 0. The van der Waals surface area contributed by atoms with Gasteiger partial charge in [-0.2, -0.15) is 0 Å². The van der Waals surface area contributed by atoms with Crippen molar-refractivity contribution in [2.75, 3.05) is 0 Å². The first kappa shape index (κ1) is 12.9. The number of rotatable bonds is 3. The van der Waals surface area contributed by atoms with Crippen molar-refractivity contribution < 1.29 is 9.90 Å². The molecular formula is C14H20O2. The minimum Gasteiger partial charge on any atom is -0.393 e. The topological polar surface area (TPSA) is 37.3 Å². The third-order valence-electron chi connectivity index (χ3n) is 3.02. The molecule has 3 atom stereocenters. The third-order valence-corrected chi connectivity index (χ3v) is 3.02. The van der Waals surface area contributed by atoms with E-state index in [1.165, 1.54) is 0 Å². The van der Waals surface area contributed by atoms with E-state index in [2.05, 4.69) is 0 Å². The molecule has 0 saturated heterocycles. The smallest absolute Gasteiger partial charge is 0.138 e. The molecule has 16 heavy (non-hydrogen) atoms. The van der Waals surface area contributed by atoms with Crippen LogP contribution in [-0.2, 0) is 4.79 Å². The van der Waals surface area contributed by atoms with E-state index in [1.807, 2.05) is 50.3 Å². The lowest BCUT2D eigenvalue weighted by molar-refractivity contribution is -0.128. The lowest BCUT2D eigenvalue weighted by Gasteiger charge is -2.28. The molecule has 88 valence electrons. The van der Waals surface area contributed by atoms with E-state index in [0.717, 1.165) is 0 Å². The highest BCUT2D eigenvalue weighted by Crippen LogP contribution is 2.28. The minimum absolute atomic E-state index is 0.0368. The highest BCUT2D eigenvalue weighted by molar-refractivity contribution is 5.82. The average Bonchev–Trinajstić information content (AvgIpc) is 2.24. The van der Waals surface area contributed by atoms with E-state index >= 15 is 0 Å². The summed E-state index contributed by atoms with van der Waals surface area (Å²) < 4.78 is 0. The Morgan fingerprint density at radius 3 is 2.62 bits per heavy atom. The van der Waals surface area contributed by atoms with Gasteiger partial charge in [-0.05, 0) is 19.3 Å². The monoisotopic (exact) mass is 220 g/mol. The fourth-order valence-electron chi connectivity index (χ4n) is 1.95. The van der Waals surface area contributed by atoms with Crippen molar-refractivity contribution >= 4 is 5.78 Å².